The van der Waals surface area contributed by atoms with E-state index >= 15 is 0 Å². The Labute approximate surface area is 205 Å². The lowest BCUT2D eigenvalue weighted by molar-refractivity contribution is 0.262. The number of carbonyl (C=O) groups is 1. The molecule has 0 spiro atoms. The summed E-state index contributed by atoms with van der Waals surface area (Å²) in [6.45, 7) is 10.3. The number of nitrogens with one attached hydrogen (secondary N) is 3. The Morgan fingerprint density at radius 2 is 1.83 bits per heavy atom. The van der Waals surface area contributed by atoms with Gasteiger partial charge < -0.3 is 20.1 Å². The van der Waals surface area contributed by atoms with Crippen molar-refractivity contribution in [2.24, 2.45) is 0 Å². The van der Waals surface area contributed by atoms with Gasteiger partial charge in [-0.05, 0) is 49.5 Å². The Kier molecular flexibility index (Phi) is 7.63. The van der Waals surface area contributed by atoms with E-state index in [0.717, 1.165) is 24.2 Å². The van der Waals surface area contributed by atoms with Crippen LogP contribution in [0.1, 0.15) is 50.3 Å². The molecule has 0 radical (unpaired) electrons. The lowest BCUT2D eigenvalue weighted by Gasteiger charge is -2.17. The molecule has 0 saturated carbocycles. The fourth-order valence-corrected chi connectivity index (χ4v) is 3.76. The zero-order chi connectivity index (χ0) is 24.7. The number of benzene rings is 1. The Balaban J connectivity index is 1.31. The molecule has 1 aliphatic rings. The molecular weight excluding hydrogens is 442 g/mol. The topological polar surface area (TPSA) is 108 Å². The fraction of sp³-hybridized carbons (Fsp3) is 0.385. The van der Waals surface area contributed by atoms with Gasteiger partial charge in [0.25, 0.3) is 0 Å². The number of urea groups is 1. The van der Waals surface area contributed by atoms with Crippen LogP contribution in [-0.4, -0.2) is 52.2 Å². The van der Waals surface area contributed by atoms with Gasteiger partial charge in [-0.25, -0.2) is 14.8 Å². The zero-order valence-electron chi connectivity index (χ0n) is 20.4. The number of aromatic nitrogens is 3. The monoisotopic (exact) mass is 473 g/mol. The Hall–Kier alpha value is -3.90. The first-order valence-corrected chi connectivity index (χ1v) is 11.8. The molecule has 2 amide bonds. The largest absolute Gasteiger partial charge is 0.362 e. The molecule has 0 atom stereocenters. The lowest BCUT2D eigenvalue weighted by Crippen LogP contribution is -2.26. The maximum Gasteiger partial charge on any atom is 0.324 e. The minimum absolute atomic E-state index is 0.205. The molecule has 0 unspecified atom stereocenters. The average Bonchev–Trinajstić information content (AvgIpc) is 3.51. The van der Waals surface area contributed by atoms with E-state index in [1.807, 2.05) is 32.9 Å². The normalized spacial score (nSPS) is 13.7. The molecule has 3 heterocycles. The Bertz CT molecular complexity index is 1200. The van der Waals surface area contributed by atoms with E-state index in [-0.39, 0.29) is 5.41 Å². The summed E-state index contributed by atoms with van der Waals surface area (Å²) in [6.07, 6.45) is 7.54. The van der Waals surface area contributed by atoms with Gasteiger partial charge >= 0.3 is 6.03 Å². The summed E-state index contributed by atoms with van der Waals surface area (Å²) in [5.74, 6) is 7.17. The number of anilines is 3. The molecule has 4 rings (SSSR count). The molecule has 3 N–H and O–H groups in total. The number of nitrogens with zero attached hydrogens (tertiary/aromatic N) is 4. The van der Waals surface area contributed by atoms with E-state index in [1.165, 1.54) is 25.9 Å². The summed E-state index contributed by atoms with van der Waals surface area (Å²) in [7, 11) is 0. The SMILES string of the molecule is CC(C)(C)c1conc1NC(=O)Nc1cccc(C#Cc2cnc(NCCN3CCCC3)nc2)c1. The predicted molar refractivity (Wildman–Crippen MR) is 136 cm³/mol. The van der Waals surface area contributed by atoms with Crippen LogP contribution in [0.15, 0.2) is 47.4 Å². The van der Waals surface area contributed by atoms with Gasteiger partial charge in [0, 0.05) is 42.3 Å². The third-order valence-electron chi connectivity index (χ3n) is 5.64. The Morgan fingerprint density at radius 1 is 1.09 bits per heavy atom. The van der Waals surface area contributed by atoms with Gasteiger partial charge in [-0.1, -0.05) is 43.8 Å². The van der Waals surface area contributed by atoms with Gasteiger partial charge in [-0.15, -0.1) is 0 Å². The molecule has 9 heteroatoms. The van der Waals surface area contributed by atoms with Crippen LogP contribution in [0.2, 0.25) is 0 Å². The van der Waals surface area contributed by atoms with Gasteiger partial charge in [0.05, 0.1) is 5.56 Å². The van der Waals surface area contributed by atoms with Crippen molar-refractivity contribution in [2.45, 2.75) is 39.0 Å². The molecule has 1 fully saturated rings. The van der Waals surface area contributed by atoms with Crippen molar-refractivity contribution >= 4 is 23.5 Å². The molecule has 35 heavy (non-hydrogen) atoms. The standard InChI is InChI=1S/C26H31N7O2/c1-26(2,3)22-18-35-32-23(22)31-25(34)30-21-8-6-7-19(15-21)9-10-20-16-28-24(29-17-20)27-11-14-33-12-4-5-13-33/h6-8,15-18H,4-5,11-14H2,1-3H3,(H,27,28,29)(H2,30,31,32,34). The highest BCUT2D eigenvalue weighted by Crippen LogP contribution is 2.28. The third kappa shape index (κ3) is 7.04. The summed E-state index contributed by atoms with van der Waals surface area (Å²) in [5.41, 5.74) is 2.70. The van der Waals surface area contributed by atoms with Crippen LogP contribution in [0, 0.1) is 11.8 Å². The van der Waals surface area contributed by atoms with Crippen molar-refractivity contribution in [1.82, 2.24) is 20.0 Å². The smallest absolute Gasteiger partial charge is 0.324 e. The minimum atomic E-state index is -0.407. The summed E-state index contributed by atoms with van der Waals surface area (Å²) < 4.78 is 5.04. The van der Waals surface area contributed by atoms with Crippen LogP contribution in [0.5, 0.6) is 0 Å². The summed E-state index contributed by atoms with van der Waals surface area (Å²) in [5, 5.41) is 12.7. The number of rotatable bonds is 6. The van der Waals surface area contributed by atoms with E-state index in [2.05, 4.69) is 47.8 Å². The average molecular weight is 474 g/mol. The zero-order valence-corrected chi connectivity index (χ0v) is 20.4. The first-order chi connectivity index (χ1) is 16.9. The molecule has 0 aliphatic carbocycles. The van der Waals surface area contributed by atoms with Crippen LogP contribution in [0.4, 0.5) is 22.2 Å². The second-order valence-electron chi connectivity index (χ2n) is 9.51. The maximum atomic E-state index is 12.5. The number of hydrogen-bond donors (Lipinski definition) is 3. The minimum Gasteiger partial charge on any atom is -0.362 e. The molecule has 3 aromatic rings. The number of hydrogen-bond acceptors (Lipinski definition) is 7. The van der Waals surface area contributed by atoms with Gasteiger partial charge in [-0.3, -0.25) is 5.32 Å². The number of likely N-dealkylation sites (tertiary alicyclic amines) is 1. The second-order valence-corrected chi connectivity index (χ2v) is 9.51. The van der Waals surface area contributed by atoms with E-state index < -0.39 is 6.03 Å². The Morgan fingerprint density at radius 3 is 2.57 bits per heavy atom. The number of carbonyl (C=O) groups excluding carboxylic acids is 1. The van der Waals surface area contributed by atoms with Gasteiger partial charge in [-0.2, -0.15) is 0 Å². The van der Waals surface area contributed by atoms with Crippen LogP contribution >= 0.6 is 0 Å². The predicted octanol–water partition coefficient (Wildman–Crippen LogP) is 4.31. The molecular formula is C26H31N7O2. The molecule has 2 aromatic heterocycles. The molecule has 182 valence electrons. The maximum absolute atomic E-state index is 12.5. The third-order valence-corrected chi connectivity index (χ3v) is 5.64. The van der Waals surface area contributed by atoms with E-state index in [1.54, 1.807) is 30.8 Å². The van der Waals surface area contributed by atoms with E-state index in [4.69, 9.17) is 4.52 Å². The highest BCUT2D eigenvalue weighted by molar-refractivity contribution is 5.99. The second kappa shape index (κ2) is 11.0. The van der Waals surface area contributed by atoms with Gasteiger partial charge in [0.2, 0.25) is 5.95 Å². The molecule has 9 nitrogen and oxygen atoms in total. The van der Waals surface area contributed by atoms with Crippen molar-refractivity contribution in [1.29, 1.82) is 0 Å². The van der Waals surface area contributed by atoms with Crippen LogP contribution in [0.25, 0.3) is 0 Å². The highest BCUT2D eigenvalue weighted by atomic mass is 16.5. The van der Waals surface area contributed by atoms with Crippen LogP contribution in [-0.2, 0) is 5.41 Å². The number of amides is 2. The molecule has 1 saturated heterocycles. The van der Waals surface area contributed by atoms with Crippen LogP contribution in [0.3, 0.4) is 0 Å². The lowest BCUT2D eigenvalue weighted by atomic mass is 9.89. The van der Waals surface area contributed by atoms with Crippen molar-refractivity contribution in [3.8, 4) is 11.8 Å². The van der Waals surface area contributed by atoms with Crippen molar-refractivity contribution in [2.75, 3.05) is 42.1 Å². The van der Waals surface area contributed by atoms with Gasteiger partial charge in [0.15, 0.2) is 5.82 Å². The quantitative estimate of drug-likeness (QED) is 0.458. The van der Waals surface area contributed by atoms with Crippen molar-refractivity contribution in [3.05, 3.63) is 59.6 Å². The van der Waals surface area contributed by atoms with Gasteiger partial charge in [0.1, 0.15) is 6.26 Å². The first kappa shape index (κ1) is 24.2. The molecule has 1 aliphatic heterocycles. The molecule has 1 aromatic carbocycles. The first-order valence-electron chi connectivity index (χ1n) is 11.8. The molecule has 0 bridgehead atoms. The van der Waals surface area contributed by atoms with Crippen molar-refractivity contribution in [3.63, 3.8) is 0 Å². The van der Waals surface area contributed by atoms with Crippen molar-refractivity contribution < 1.29 is 9.32 Å². The van der Waals surface area contributed by atoms with E-state index in [0.29, 0.717) is 23.0 Å². The fourth-order valence-electron chi connectivity index (χ4n) is 3.76. The summed E-state index contributed by atoms with van der Waals surface area (Å²) in [4.78, 5) is 23.6. The highest BCUT2D eigenvalue weighted by Gasteiger charge is 2.22. The summed E-state index contributed by atoms with van der Waals surface area (Å²) in [6, 6.07) is 6.90. The van der Waals surface area contributed by atoms with E-state index in [9.17, 15) is 4.79 Å². The van der Waals surface area contributed by atoms with Crippen LogP contribution < -0.4 is 16.0 Å². The summed E-state index contributed by atoms with van der Waals surface area (Å²) >= 11 is 0.